The van der Waals surface area contributed by atoms with Crippen molar-refractivity contribution in [2.24, 2.45) is 0 Å². The lowest BCUT2D eigenvalue weighted by atomic mass is 10.3. The zero-order valence-corrected chi connectivity index (χ0v) is 14.5. The van der Waals surface area contributed by atoms with Crippen molar-refractivity contribution in [2.75, 3.05) is 64.9 Å². The first-order chi connectivity index (χ1) is 11.3. The van der Waals surface area contributed by atoms with Gasteiger partial charge in [-0.1, -0.05) is 0 Å². The first kappa shape index (κ1) is 18.5. The van der Waals surface area contributed by atoms with Gasteiger partial charge in [-0.2, -0.15) is 0 Å². The fourth-order valence-corrected chi connectivity index (χ4v) is 3.20. The average molecular weight is 340 g/mol. The summed E-state index contributed by atoms with van der Waals surface area (Å²) in [6, 6.07) is 7.41. The summed E-state index contributed by atoms with van der Waals surface area (Å²) in [7, 11) is 0. The number of hydrogen-bond acceptors (Lipinski definition) is 6. The van der Waals surface area contributed by atoms with Gasteiger partial charge >= 0.3 is 0 Å². The van der Waals surface area contributed by atoms with Gasteiger partial charge in [-0.3, -0.25) is 4.90 Å². The maximum absolute atomic E-state index is 9.17. The van der Waals surface area contributed by atoms with Gasteiger partial charge in [0.15, 0.2) is 0 Å². The number of nitrogens with one attached hydrogen (secondary N) is 1. The van der Waals surface area contributed by atoms with Crippen LogP contribution in [0.3, 0.4) is 0 Å². The predicted molar refractivity (Wildman–Crippen MR) is 94.4 cm³/mol. The molecule has 2 N–H and O–H groups in total. The molecule has 130 valence electrons. The smallest absolute Gasteiger partial charge is 0.115 e. The van der Waals surface area contributed by atoms with Crippen molar-refractivity contribution in [3.05, 3.63) is 24.3 Å². The molecule has 1 aromatic carbocycles. The van der Waals surface area contributed by atoms with Gasteiger partial charge in [-0.05, 0) is 43.0 Å². The van der Waals surface area contributed by atoms with E-state index in [0.717, 1.165) is 64.9 Å². The van der Waals surface area contributed by atoms with E-state index in [1.807, 2.05) is 23.9 Å². The molecule has 6 heteroatoms. The minimum absolute atomic E-state index is 0.336. The summed E-state index contributed by atoms with van der Waals surface area (Å²) < 4.78 is 10.3. The SMILES string of the molecule is C1COCCN1.Oc1ccc(SCCCN2CCOCC2)cc1. The van der Waals surface area contributed by atoms with E-state index in [2.05, 4.69) is 10.2 Å². The Morgan fingerprint density at radius 2 is 1.65 bits per heavy atom. The second-order valence-electron chi connectivity index (χ2n) is 5.51. The number of benzene rings is 1. The third kappa shape index (κ3) is 8.58. The number of rotatable bonds is 5. The lowest BCUT2D eigenvalue weighted by Gasteiger charge is -2.26. The second kappa shape index (κ2) is 11.7. The molecular formula is C17H28N2O3S. The van der Waals surface area contributed by atoms with Crippen molar-refractivity contribution in [2.45, 2.75) is 11.3 Å². The Morgan fingerprint density at radius 3 is 2.22 bits per heavy atom. The maximum atomic E-state index is 9.17. The molecule has 5 nitrogen and oxygen atoms in total. The lowest BCUT2D eigenvalue weighted by Crippen LogP contribution is -2.36. The molecule has 0 atom stereocenters. The summed E-state index contributed by atoms with van der Waals surface area (Å²) >= 11 is 1.85. The van der Waals surface area contributed by atoms with Crippen molar-refractivity contribution in [1.29, 1.82) is 0 Å². The summed E-state index contributed by atoms with van der Waals surface area (Å²) in [6.07, 6.45) is 1.20. The average Bonchev–Trinajstić information content (AvgIpc) is 2.63. The quantitative estimate of drug-likeness (QED) is 0.630. The monoisotopic (exact) mass is 340 g/mol. The van der Waals surface area contributed by atoms with E-state index in [1.165, 1.54) is 11.3 Å². The zero-order chi connectivity index (χ0) is 16.2. The number of ether oxygens (including phenoxy) is 2. The maximum Gasteiger partial charge on any atom is 0.115 e. The van der Waals surface area contributed by atoms with Crippen LogP contribution in [0.5, 0.6) is 5.75 Å². The van der Waals surface area contributed by atoms with Gasteiger partial charge in [0.05, 0.1) is 26.4 Å². The Kier molecular flexibility index (Phi) is 9.44. The number of aromatic hydroxyl groups is 1. The Morgan fingerprint density at radius 1 is 1.00 bits per heavy atom. The highest BCUT2D eigenvalue weighted by Crippen LogP contribution is 2.21. The van der Waals surface area contributed by atoms with E-state index in [9.17, 15) is 5.11 Å². The molecule has 0 amide bonds. The minimum atomic E-state index is 0.336. The van der Waals surface area contributed by atoms with Gasteiger partial charge in [0.2, 0.25) is 0 Å². The summed E-state index contributed by atoms with van der Waals surface area (Å²) in [5, 5.41) is 12.3. The van der Waals surface area contributed by atoms with E-state index in [4.69, 9.17) is 9.47 Å². The van der Waals surface area contributed by atoms with E-state index in [1.54, 1.807) is 12.1 Å². The summed E-state index contributed by atoms with van der Waals surface area (Å²) in [5.74, 6) is 1.46. The lowest BCUT2D eigenvalue weighted by molar-refractivity contribution is 0.0381. The van der Waals surface area contributed by atoms with Gasteiger partial charge in [0, 0.05) is 31.1 Å². The molecule has 0 saturated carbocycles. The summed E-state index contributed by atoms with van der Waals surface area (Å²) in [6.45, 7) is 8.90. The van der Waals surface area contributed by atoms with Crippen molar-refractivity contribution >= 4 is 11.8 Å². The number of morpholine rings is 2. The molecule has 0 spiro atoms. The molecule has 1 aromatic rings. The van der Waals surface area contributed by atoms with Crippen LogP contribution in [-0.2, 0) is 9.47 Å². The van der Waals surface area contributed by atoms with Gasteiger partial charge < -0.3 is 19.9 Å². The van der Waals surface area contributed by atoms with Crippen molar-refractivity contribution < 1.29 is 14.6 Å². The summed E-state index contributed by atoms with van der Waals surface area (Å²) in [5.41, 5.74) is 0. The molecule has 3 rings (SSSR count). The van der Waals surface area contributed by atoms with Crippen molar-refractivity contribution in [1.82, 2.24) is 10.2 Å². The molecule has 0 aliphatic carbocycles. The van der Waals surface area contributed by atoms with E-state index in [-0.39, 0.29) is 0 Å². The fraction of sp³-hybridized carbons (Fsp3) is 0.647. The van der Waals surface area contributed by atoms with E-state index in [0.29, 0.717) is 5.75 Å². The summed E-state index contributed by atoms with van der Waals surface area (Å²) in [4.78, 5) is 3.69. The molecule has 0 bridgehead atoms. The first-order valence-corrected chi connectivity index (χ1v) is 9.33. The van der Waals surface area contributed by atoms with Crippen LogP contribution in [0.2, 0.25) is 0 Å². The molecule has 2 aliphatic heterocycles. The van der Waals surface area contributed by atoms with Gasteiger partial charge in [0.25, 0.3) is 0 Å². The molecule has 0 radical (unpaired) electrons. The molecule has 2 heterocycles. The first-order valence-electron chi connectivity index (χ1n) is 8.35. The highest BCUT2D eigenvalue weighted by molar-refractivity contribution is 7.99. The largest absolute Gasteiger partial charge is 0.508 e. The van der Waals surface area contributed by atoms with Gasteiger partial charge in [0.1, 0.15) is 5.75 Å². The zero-order valence-electron chi connectivity index (χ0n) is 13.7. The molecule has 2 saturated heterocycles. The van der Waals surface area contributed by atoms with Crippen LogP contribution in [0.15, 0.2) is 29.2 Å². The third-order valence-corrected chi connectivity index (χ3v) is 4.77. The minimum Gasteiger partial charge on any atom is -0.508 e. The highest BCUT2D eigenvalue weighted by atomic mass is 32.2. The van der Waals surface area contributed by atoms with E-state index >= 15 is 0 Å². The Hall–Kier alpha value is -0.790. The van der Waals surface area contributed by atoms with Crippen LogP contribution >= 0.6 is 11.8 Å². The number of phenols is 1. The number of phenolic OH excluding ortho intramolecular Hbond substituents is 1. The van der Waals surface area contributed by atoms with Crippen LogP contribution < -0.4 is 5.32 Å². The fourth-order valence-electron chi connectivity index (χ4n) is 2.36. The standard InChI is InChI=1S/C13H19NO2S.C4H9NO/c15-12-2-4-13(5-3-12)17-11-1-6-14-7-9-16-10-8-14;1-3-6-4-2-5-1/h2-5,15H,1,6-11H2;5H,1-4H2. The molecule has 0 aromatic heterocycles. The molecule has 2 fully saturated rings. The van der Waals surface area contributed by atoms with Crippen LogP contribution in [0.1, 0.15) is 6.42 Å². The molecule has 23 heavy (non-hydrogen) atoms. The molecular weight excluding hydrogens is 312 g/mol. The van der Waals surface area contributed by atoms with Crippen molar-refractivity contribution in [3.8, 4) is 5.75 Å². The molecule has 2 aliphatic rings. The number of nitrogens with zero attached hydrogens (tertiary/aromatic N) is 1. The van der Waals surface area contributed by atoms with Gasteiger partial charge in [-0.15, -0.1) is 11.8 Å². The second-order valence-corrected chi connectivity index (χ2v) is 6.68. The molecule has 0 unspecified atom stereocenters. The van der Waals surface area contributed by atoms with E-state index < -0.39 is 0 Å². The van der Waals surface area contributed by atoms with Crippen molar-refractivity contribution in [3.63, 3.8) is 0 Å². The van der Waals surface area contributed by atoms with Crippen LogP contribution in [-0.4, -0.2) is 74.9 Å². The van der Waals surface area contributed by atoms with Crippen LogP contribution in [0.25, 0.3) is 0 Å². The van der Waals surface area contributed by atoms with Crippen LogP contribution in [0, 0.1) is 0 Å². The predicted octanol–water partition coefficient (Wildman–Crippen LogP) is 1.81. The van der Waals surface area contributed by atoms with Gasteiger partial charge in [-0.25, -0.2) is 0 Å². The Labute approximate surface area is 143 Å². The van der Waals surface area contributed by atoms with Crippen LogP contribution in [0.4, 0.5) is 0 Å². The third-order valence-electron chi connectivity index (χ3n) is 3.67. The topological polar surface area (TPSA) is 54.0 Å². The Balaban J connectivity index is 0.000000268. The highest BCUT2D eigenvalue weighted by Gasteiger charge is 2.09. The Bertz CT molecular complexity index is 395. The normalized spacial score (nSPS) is 19.0. The number of thioether (sulfide) groups is 1. The number of hydrogen-bond donors (Lipinski definition) is 2.